The second-order valence-electron chi connectivity index (χ2n) is 7.34. The van der Waals surface area contributed by atoms with Crippen molar-refractivity contribution in [1.29, 1.82) is 0 Å². The number of ether oxygens (including phenoxy) is 1. The van der Waals surface area contributed by atoms with Gasteiger partial charge >= 0.3 is 0 Å². The highest BCUT2D eigenvalue weighted by Gasteiger charge is 2.12. The Hall–Kier alpha value is -3.32. The quantitative estimate of drug-likeness (QED) is 0.211. The minimum atomic E-state index is -0.419. The van der Waals surface area contributed by atoms with Crippen molar-refractivity contribution in [3.8, 4) is 17.0 Å². The maximum atomic E-state index is 12.5. The molecule has 3 aromatic carbocycles. The van der Waals surface area contributed by atoms with Gasteiger partial charge in [0.05, 0.1) is 21.5 Å². The maximum absolute atomic E-state index is 12.5. The molecule has 0 aliphatic rings. The highest BCUT2D eigenvalue weighted by atomic mass is 35.5. The number of hydrazone groups is 1. The summed E-state index contributed by atoms with van der Waals surface area (Å²) in [6.45, 7) is 2.13. The number of hydrogen-bond acceptors (Lipinski definition) is 4. The maximum Gasteiger partial charge on any atom is 0.289 e. The lowest BCUT2D eigenvalue weighted by Gasteiger charge is -2.08. The Morgan fingerprint density at radius 3 is 2.47 bits per heavy atom. The fraction of sp³-hybridized carbons (Fsp3) is 0.0800. The summed E-state index contributed by atoms with van der Waals surface area (Å²) in [5, 5.41) is 12.6. The number of nitrogens with one attached hydrogen (secondary N) is 2. The van der Waals surface area contributed by atoms with Gasteiger partial charge in [-0.3, -0.25) is 9.89 Å². The summed E-state index contributed by atoms with van der Waals surface area (Å²) in [5.74, 6) is 0.280. The molecule has 34 heavy (non-hydrogen) atoms. The molecular weight excluding hydrogens is 495 g/mol. The summed E-state index contributed by atoms with van der Waals surface area (Å²) in [6, 6.07) is 21.7. The first-order chi connectivity index (χ1) is 16.4. The molecule has 0 saturated heterocycles. The van der Waals surface area contributed by atoms with Crippen LogP contribution >= 0.6 is 34.8 Å². The molecule has 0 aliphatic heterocycles. The van der Waals surface area contributed by atoms with Gasteiger partial charge in [0.25, 0.3) is 5.91 Å². The van der Waals surface area contributed by atoms with Gasteiger partial charge in [0.15, 0.2) is 0 Å². The summed E-state index contributed by atoms with van der Waals surface area (Å²) in [7, 11) is 0. The fourth-order valence-electron chi connectivity index (χ4n) is 3.06. The molecule has 0 unspecified atom stereocenters. The number of aromatic amines is 1. The smallest absolute Gasteiger partial charge is 0.289 e. The molecule has 172 valence electrons. The van der Waals surface area contributed by atoms with E-state index in [1.807, 2.05) is 48.5 Å². The number of amides is 1. The number of halogens is 3. The number of nitrogens with zero attached hydrogens (tertiary/aromatic N) is 2. The highest BCUT2D eigenvalue weighted by Crippen LogP contribution is 2.24. The molecule has 0 radical (unpaired) electrons. The van der Waals surface area contributed by atoms with Gasteiger partial charge in [0.1, 0.15) is 18.1 Å². The zero-order valence-corrected chi connectivity index (χ0v) is 20.2. The van der Waals surface area contributed by atoms with Crippen molar-refractivity contribution in [1.82, 2.24) is 15.6 Å². The molecule has 0 spiro atoms. The lowest BCUT2D eigenvalue weighted by atomic mass is 10.1. The summed E-state index contributed by atoms with van der Waals surface area (Å²) >= 11 is 18.1. The van der Waals surface area contributed by atoms with Crippen LogP contribution in [0, 0.1) is 0 Å². The normalized spacial score (nSPS) is 11.4. The molecule has 1 aromatic heterocycles. The molecular formula is C25H19Cl3N4O2. The minimum Gasteiger partial charge on any atom is -0.489 e. The zero-order valence-electron chi connectivity index (χ0n) is 18.0. The van der Waals surface area contributed by atoms with Crippen molar-refractivity contribution in [3.05, 3.63) is 105 Å². The Bertz CT molecular complexity index is 1350. The van der Waals surface area contributed by atoms with E-state index in [1.165, 1.54) is 0 Å². The van der Waals surface area contributed by atoms with E-state index < -0.39 is 5.91 Å². The SMILES string of the molecule is CC(=NNC(=O)c1cc(-c2ccc(OCc3ccccc3Cl)cc2)n[nH]1)c1ccc(Cl)c(Cl)c1. The second-order valence-corrected chi connectivity index (χ2v) is 8.56. The van der Waals surface area contributed by atoms with Gasteiger partial charge in [-0.05, 0) is 61.0 Å². The van der Waals surface area contributed by atoms with E-state index >= 15 is 0 Å². The Labute approximate surface area is 211 Å². The Balaban J connectivity index is 1.38. The number of benzene rings is 3. The molecule has 1 heterocycles. The third kappa shape index (κ3) is 5.78. The van der Waals surface area contributed by atoms with E-state index in [0.29, 0.717) is 38.8 Å². The van der Waals surface area contributed by atoms with Crippen LogP contribution in [0.2, 0.25) is 15.1 Å². The molecule has 1 amide bonds. The Morgan fingerprint density at radius 2 is 1.74 bits per heavy atom. The lowest BCUT2D eigenvalue weighted by Crippen LogP contribution is -2.19. The van der Waals surface area contributed by atoms with Crippen LogP contribution in [-0.4, -0.2) is 21.8 Å². The van der Waals surface area contributed by atoms with Gasteiger partial charge in [-0.25, -0.2) is 5.43 Å². The van der Waals surface area contributed by atoms with Crippen LogP contribution in [0.25, 0.3) is 11.3 Å². The van der Waals surface area contributed by atoms with Crippen LogP contribution in [0.15, 0.2) is 77.9 Å². The molecule has 9 heteroatoms. The highest BCUT2D eigenvalue weighted by molar-refractivity contribution is 6.42. The van der Waals surface area contributed by atoms with Crippen molar-refractivity contribution >= 4 is 46.4 Å². The minimum absolute atomic E-state index is 0.278. The van der Waals surface area contributed by atoms with Gasteiger partial charge in [-0.1, -0.05) is 59.1 Å². The van der Waals surface area contributed by atoms with Gasteiger partial charge < -0.3 is 4.74 Å². The number of hydrogen-bond donors (Lipinski definition) is 2. The number of rotatable bonds is 7. The molecule has 6 nitrogen and oxygen atoms in total. The molecule has 4 aromatic rings. The predicted octanol–water partition coefficient (Wildman–Crippen LogP) is 6.77. The van der Waals surface area contributed by atoms with Gasteiger partial charge in [-0.15, -0.1) is 0 Å². The van der Waals surface area contributed by atoms with Crippen LogP contribution < -0.4 is 10.2 Å². The predicted molar refractivity (Wildman–Crippen MR) is 136 cm³/mol. The Morgan fingerprint density at radius 1 is 0.971 bits per heavy atom. The third-order valence-electron chi connectivity index (χ3n) is 4.99. The van der Waals surface area contributed by atoms with E-state index in [2.05, 4.69) is 20.7 Å². The van der Waals surface area contributed by atoms with Crippen molar-refractivity contribution in [3.63, 3.8) is 0 Å². The fourth-order valence-corrected chi connectivity index (χ4v) is 3.55. The lowest BCUT2D eigenvalue weighted by molar-refractivity contribution is 0.0950. The number of aromatic nitrogens is 2. The molecule has 4 rings (SSSR count). The van der Waals surface area contributed by atoms with Gasteiger partial charge in [-0.2, -0.15) is 10.2 Å². The average Bonchev–Trinajstić information content (AvgIpc) is 3.34. The van der Waals surface area contributed by atoms with E-state index in [1.54, 1.807) is 31.2 Å². The van der Waals surface area contributed by atoms with Gasteiger partial charge in [0.2, 0.25) is 0 Å². The van der Waals surface area contributed by atoms with E-state index in [9.17, 15) is 4.79 Å². The van der Waals surface area contributed by atoms with Crippen LogP contribution in [0.4, 0.5) is 0 Å². The summed E-state index contributed by atoms with van der Waals surface area (Å²) in [4.78, 5) is 12.5. The standard InChI is InChI=1S/C25H19Cl3N4O2/c1-15(17-8-11-21(27)22(28)12-17)29-32-25(33)24-13-23(30-31-24)16-6-9-19(10-7-16)34-14-18-4-2-3-5-20(18)26/h2-13H,14H2,1H3,(H,30,31)(H,32,33). The van der Waals surface area contributed by atoms with E-state index in [4.69, 9.17) is 39.5 Å². The molecule has 0 bridgehead atoms. The first-order valence-electron chi connectivity index (χ1n) is 10.2. The average molecular weight is 514 g/mol. The largest absolute Gasteiger partial charge is 0.489 e. The van der Waals surface area contributed by atoms with Crippen LogP contribution in [0.5, 0.6) is 5.75 Å². The summed E-state index contributed by atoms with van der Waals surface area (Å²) in [5.41, 5.74) is 6.48. The zero-order chi connectivity index (χ0) is 24.1. The summed E-state index contributed by atoms with van der Waals surface area (Å²) in [6.07, 6.45) is 0. The van der Waals surface area contributed by atoms with Crippen molar-refractivity contribution in [2.75, 3.05) is 0 Å². The number of carbonyl (C=O) groups is 1. The van der Waals surface area contributed by atoms with E-state index in [0.717, 1.165) is 16.7 Å². The number of H-pyrrole nitrogens is 1. The van der Waals surface area contributed by atoms with Gasteiger partial charge in [0, 0.05) is 16.1 Å². The van der Waals surface area contributed by atoms with Crippen molar-refractivity contribution in [2.24, 2.45) is 5.10 Å². The molecule has 0 fully saturated rings. The third-order valence-corrected chi connectivity index (χ3v) is 6.10. The van der Waals surface area contributed by atoms with Crippen molar-refractivity contribution < 1.29 is 9.53 Å². The monoisotopic (exact) mass is 512 g/mol. The summed E-state index contributed by atoms with van der Waals surface area (Å²) < 4.78 is 5.80. The Kier molecular flexibility index (Phi) is 7.53. The second kappa shape index (κ2) is 10.7. The topological polar surface area (TPSA) is 79.4 Å². The molecule has 0 saturated carbocycles. The van der Waals surface area contributed by atoms with Crippen LogP contribution in [0.3, 0.4) is 0 Å². The van der Waals surface area contributed by atoms with Crippen molar-refractivity contribution in [2.45, 2.75) is 13.5 Å². The number of carbonyl (C=O) groups excluding carboxylic acids is 1. The molecule has 0 aliphatic carbocycles. The first-order valence-corrected chi connectivity index (χ1v) is 11.4. The molecule has 2 N–H and O–H groups in total. The van der Waals surface area contributed by atoms with E-state index in [-0.39, 0.29) is 5.69 Å². The molecule has 0 atom stereocenters. The van der Waals surface area contributed by atoms with Crippen LogP contribution in [-0.2, 0) is 6.61 Å². The van der Waals surface area contributed by atoms with Crippen LogP contribution in [0.1, 0.15) is 28.5 Å². The first kappa shape index (κ1) is 23.8.